The van der Waals surface area contributed by atoms with Crippen LogP contribution in [0.15, 0.2) is 0 Å². The Morgan fingerprint density at radius 2 is 1.79 bits per heavy atom. The monoisotopic (exact) mass is 332 g/mol. The van der Waals surface area contributed by atoms with Gasteiger partial charge in [0.25, 0.3) is 0 Å². The van der Waals surface area contributed by atoms with Gasteiger partial charge in [0.2, 0.25) is 0 Å². The molecule has 0 bridgehead atoms. The smallest absolute Gasteiger partial charge is 0.303 e. The molecule has 0 aromatic rings. The lowest BCUT2D eigenvalue weighted by molar-refractivity contribution is -0.219. The molecule has 0 heterocycles. The molecule has 0 N–H and O–H groups in total. The molecule has 0 saturated heterocycles. The lowest BCUT2D eigenvalue weighted by Gasteiger charge is -2.62. The normalized spacial score (nSPS) is 50.6. The van der Waals surface area contributed by atoms with Gasteiger partial charge in [0.15, 0.2) is 0 Å². The number of esters is 1. The third-order valence-electron chi connectivity index (χ3n) is 8.76. The van der Waals surface area contributed by atoms with Gasteiger partial charge in [-0.2, -0.15) is 0 Å². The minimum atomic E-state index is -0.524. The van der Waals surface area contributed by atoms with Crippen LogP contribution < -0.4 is 0 Å². The van der Waals surface area contributed by atoms with Gasteiger partial charge < -0.3 is 4.74 Å². The van der Waals surface area contributed by atoms with E-state index in [0.717, 1.165) is 31.6 Å². The standard InChI is InChI=1S/C21H32O3/c1-14(22)24-21-13-10-18(23)20(21,3)12-9-16-17(21)8-7-15-6-4-5-11-19(15,16)2/h15-17H,4-13H2,1-3H3/t15-,16+,17-,19+,20-,21-/m1/s1. The Balaban J connectivity index is 1.76. The average Bonchev–Trinajstić information content (AvgIpc) is 2.79. The number of carbonyl (C=O) groups excluding carboxylic acids is 2. The maximum atomic E-state index is 12.8. The predicted molar refractivity (Wildman–Crippen MR) is 92.4 cm³/mol. The van der Waals surface area contributed by atoms with Gasteiger partial charge in [-0.05, 0) is 69.1 Å². The summed E-state index contributed by atoms with van der Waals surface area (Å²) in [6.45, 7) is 6.13. The molecule has 3 nitrogen and oxygen atoms in total. The summed E-state index contributed by atoms with van der Waals surface area (Å²) in [6.07, 6.45) is 11.2. The van der Waals surface area contributed by atoms with Crippen LogP contribution in [0, 0.1) is 28.6 Å². The summed E-state index contributed by atoms with van der Waals surface area (Å²) in [5.41, 5.74) is -0.580. The van der Waals surface area contributed by atoms with Crippen LogP contribution in [0.1, 0.15) is 85.0 Å². The molecule has 24 heavy (non-hydrogen) atoms. The summed E-state index contributed by atoms with van der Waals surface area (Å²) in [7, 11) is 0. The predicted octanol–water partition coefficient (Wildman–Crippen LogP) is 4.67. The van der Waals surface area contributed by atoms with E-state index in [1.165, 1.54) is 39.0 Å². The summed E-state index contributed by atoms with van der Waals surface area (Å²) in [4.78, 5) is 24.8. The second-order valence-electron chi connectivity index (χ2n) is 9.52. The summed E-state index contributed by atoms with van der Waals surface area (Å²) in [6, 6.07) is 0. The summed E-state index contributed by atoms with van der Waals surface area (Å²) >= 11 is 0. The van der Waals surface area contributed by atoms with Crippen LogP contribution in [-0.4, -0.2) is 17.4 Å². The van der Waals surface area contributed by atoms with Gasteiger partial charge in [0, 0.05) is 19.3 Å². The molecule has 4 rings (SSSR count). The third kappa shape index (κ3) is 1.96. The zero-order chi connectivity index (χ0) is 17.2. The zero-order valence-electron chi connectivity index (χ0n) is 15.5. The van der Waals surface area contributed by atoms with E-state index in [1.54, 1.807) is 0 Å². The fourth-order valence-electron chi connectivity index (χ4n) is 7.50. The topological polar surface area (TPSA) is 43.4 Å². The van der Waals surface area contributed by atoms with Crippen molar-refractivity contribution in [3.8, 4) is 0 Å². The lowest BCUT2D eigenvalue weighted by atomic mass is 9.44. The second kappa shape index (κ2) is 5.32. The van der Waals surface area contributed by atoms with Crippen LogP contribution in [0.5, 0.6) is 0 Å². The molecule has 0 amide bonds. The molecule has 4 aliphatic carbocycles. The molecular weight excluding hydrogens is 300 g/mol. The molecular formula is C21H32O3. The van der Waals surface area contributed by atoms with E-state index in [9.17, 15) is 9.59 Å². The molecule has 6 atom stereocenters. The SMILES string of the molecule is CC(=O)O[C@@]12CCC(=O)[C@@]1(C)CC[C@H]1[C@H]2CC[C@H]2CCCC[C@@]21C. The van der Waals surface area contributed by atoms with Crippen molar-refractivity contribution in [3.63, 3.8) is 0 Å². The van der Waals surface area contributed by atoms with Crippen molar-refractivity contribution in [3.05, 3.63) is 0 Å². The number of ether oxygens (including phenoxy) is 1. The fourth-order valence-corrected chi connectivity index (χ4v) is 7.50. The largest absolute Gasteiger partial charge is 0.458 e. The first-order valence-corrected chi connectivity index (χ1v) is 10.1. The molecule has 4 aliphatic rings. The zero-order valence-corrected chi connectivity index (χ0v) is 15.5. The Labute approximate surface area is 145 Å². The van der Waals surface area contributed by atoms with Gasteiger partial charge in [-0.1, -0.05) is 19.8 Å². The minimum absolute atomic E-state index is 0.201. The van der Waals surface area contributed by atoms with Crippen molar-refractivity contribution in [1.82, 2.24) is 0 Å². The Morgan fingerprint density at radius 3 is 2.54 bits per heavy atom. The van der Waals surface area contributed by atoms with Crippen molar-refractivity contribution in [2.45, 2.75) is 90.6 Å². The number of ketones is 1. The summed E-state index contributed by atoms with van der Waals surface area (Å²) in [5, 5.41) is 0. The fraction of sp³-hybridized carbons (Fsp3) is 0.905. The number of hydrogen-bond donors (Lipinski definition) is 0. The summed E-state index contributed by atoms with van der Waals surface area (Å²) in [5.74, 6) is 1.97. The molecule has 0 aromatic heterocycles. The lowest BCUT2D eigenvalue weighted by Crippen LogP contribution is -2.63. The van der Waals surface area contributed by atoms with Crippen molar-refractivity contribution in [2.75, 3.05) is 0 Å². The maximum absolute atomic E-state index is 12.8. The van der Waals surface area contributed by atoms with Gasteiger partial charge >= 0.3 is 5.97 Å². The van der Waals surface area contributed by atoms with Crippen LogP contribution >= 0.6 is 0 Å². The Morgan fingerprint density at radius 1 is 1.00 bits per heavy atom. The van der Waals surface area contributed by atoms with Crippen LogP contribution in [-0.2, 0) is 14.3 Å². The number of Topliss-reactive ketones (excluding diaryl/α,β-unsaturated/α-hetero) is 1. The van der Waals surface area contributed by atoms with Crippen LogP contribution in [0.4, 0.5) is 0 Å². The first kappa shape index (κ1) is 16.6. The van der Waals surface area contributed by atoms with E-state index < -0.39 is 11.0 Å². The Bertz CT molecular complexity index is 569. The molecule has 0 radical (unpaired) electrons. The summed E-state index contributed by atoms with van der Waals surface area (Å²) < 4.78 is 6.11. The first-order chi connectivity index (χ1) is 11.3. The third-order valence-corrected chi connectivity index (χ3v) is 8.76. The van der Waals surface area contributed by atoms with Gasteiger partial charge in [0.1, 0.15) is 11.4 Å². The second-order valence-corrected chi connectivity index (χ2v) is 9.52. The number of rotatable bonds is 1. The number of fused-ring (bicyclic) bond motifs is 5. The Kier molecular flexibility index (Phi) is 3.68. The highest BCUT2D eigenvalue weighted by atomic mass is 16.6. The van der Waals surface area contributed by atoms with Gasteiger partial charge in [-0.15, -0.1) is 0 Å². The van der Waals surface area contributed by atoms with E-state index in [1.807, 2.05) is 0 Å². The van der Waals surface area contributed by atoms with E-state index in [-0.39, 0.29) is 5.97 Å². The van der Waals surface area contributed by atoms with E-state index in [4.69, 9.17) is 4.74 Å². The minimum Gasteiger partial charge on any atom is -0.458 e. The number of hydrogen-bond acceptors (Lipinski definition) is 3. The molecule has 0 unspecified atom stereocenters. The highest BCUT2D eigenvalue weighted by Gasteiger charge is 2.69. The van der Waals surface area contributed by atoms with E-state index in [2.05, 4.69) is 13.8 Å². The van der Waals surface area contributed by atoms with Gasteiger partial charge in [0.05, 0.1) is 5.41 Å². The molecule has 0 spiro atoms. The molecule has 4 fully saturated rings. The molecule has 4 saturated carbocycles. The molecule has 134 valence electrons. The average molecular weight is 332 g/mol. The molecule has 0 aliphatic heterocycles. The van der Waals surface area contributed by atoms with Crippen molar-refractivity contribution >= 4 is 11.8 Å². The van der Waals surface area contributed by atoms with Crippen LogP contribution in [0.3, 0.4) is 0 Å². The van der Waals surface area contributed by atoms with Crippen molar-refractivity contribution < 1.29 is 14.3 Å². The number of carbonyl (C=O) groups is 2. The van der Waals surface area contributed by atoms with Crippen LogP contribution in [0.2, 0.25) is 0 Å². The highest BCUT2D eigenvalue weighted by Crippen LogP contribution is 2.68. The van der Waals surface area contributed by atoms with Crippen molar-refractivity contribution in [2.24, 2.45) is 28.6 Å². The van der Waals surface area contributed by atoms with Crippen LogP contribution in [0.25, 0.3) is 0 Å². The van der Waals surface area contributed by atoms with E-state index in [0.29, 0.717) is 29.5 Å². The first-order valence-electron chi connectivity index (χ1n) is 10.1. The Hall–Kier alpha value is -0.860. The van der Waals surface area contributed by atoms with Crippen molar-refractivity contribution in [1.29, 1.82) is 0 Å². The quantitative estimate of drug-likeness (QED) is 0.655. The van der Waals surface area contributed by atoms with E-state index >= 15 is 0 Å². The molecule has 0 aromatic carbocycles. The highest BCUT2D eigenvalue weighted by molar-refractivity contribution is 5.89. The maximum Gasteiger partial charge on any atom is 0.303 e. The van der Waals surface area contributed by atoms with Gasteiger partial charge in [-0.3, -0.25) is 9.59 Å². The van der Waals surface area contributed by atoms with Gasteiger partial charge in [-0.25, -0.2) is 0 Å². The molecule has 3 heteroatoms.